The highest BCUT2D eigenvalue weighted by molar-refractivity contribution is 6.09. The molecule has 218 valence electrons. The number of Topliss-reactive ketones (excluding diaryl/α,β-unsaturated/α-hetero) is 1. The van der Waals surface area contributed by atoms with Crippen molar-refractivity contribution in [3.63, 3.8) is 0 Å². The summed E-state index contributed by atoms with van der Waals surface area (Å²) in [6.07, 6.45) is 5.68. The van der Waals surface area contributed by atoms with Gasteiger partial charge in [0.15, 0.2) is 5.78 Å². The van der Waals surface area contributed by atoms with Crippen LogP contribution in [0.3, 0.4) is 0 Å². The highest BCUT2D eigenvalue weighted by Gasteiger charge is 2.34. The fraction of sp³-hybridized carbons (Fsp3) is 0.645. The molecule has 4 unspecified atom stereocenters. The quantitative estimate of drug-likeness (QED) is 0.387. The molecule has 2 aliphatic rings. The number of amides is 1. The van der Waals surface area contributed by atoms with Crippen LogP contribution in [0.25, 0.3) is 0 Å². The summed E-state index contributed by atoms with van der Waals surface area (Å²) < 4.78 is 19.7. The Morgan fingerprint density at radius 2 is 1.92 bits per heavy atom. The maximum atomic E-state index is 13.6. The number of hydrogen-bond acceptors (Lipinski definition) is 6. The van der Waals surface area contributed by atoms with Crippen LogP contribution in [-0.2, 0) is 9.59 Å². The number of nitrogens with zero attached hydrogens (tertiary/aromatic N) is 2. The van der Waals surface area contributed by atoms with Gasteiger partial charge < -0.3 is 20.5 Å². The van der Waals surface area contributed by atoms with E-state index in [0.29, 0.717) is 23.8 Å². The summed E-state index contributed by atoms with van der Waals surface area (Å²) in [4.78, 5) is 29.3. The fourth-order valence-corrected chi connectivity index (χ4v) is 4.96. The number of ether oxygens (including phenoxy) is 1. The summed E-state index contributed by atoms with van der Waals surface area (Å²) in [5.74, 6) is 0.670. The van der Waals surface area contributed by atoms with E-state index in [2.05, 4.69) is 44.0 Å². The van der Waals surface area contributed by atoms with Crippen LogP contribution < -0.4 is 10.5 Å². The number of benzene rings is 1. The second-order valence-electron chi connectivity index (χ2n) is 10.8. The lowest BCUT2D eigenvalue weighted by Crippen LogP contribution is -2.48. The van der Waals surface area contributed by atoms with E-state index in [1.165, 1.54) is 43.1 Å². The molecule has 1 aromatic rings. The Morgan fingerprint density at radius 1 is 1.21 bits per heavy atom. The van der Waals surface area contributed by atoms with E-state index in [4.69, 9.17) is 10.5 Å². The van der Waals surface area contributed by atoms with E-state index in [-0.39, 0.29) is 43.5 Å². The van der Waals surface area contributed by atoms with Crippen molar-refractivity contribution in [3.05, 3.63) is 41.1 Å². The minimum atomic E-state index is -1.45. The summed E-state index contributed by atoms with van der Waals surface area (Å²) in [5.41, 5.74) is 8.76. The number of alkyl halides is 1. The van der Waals surface area contributed by atoms with Crippen molar-refractivity contribution < 1.29 is 23.8 Å². The van der Waals surface area contributed by atoms with E-state index >= 15 is 0 Å². The van der Waals surface area contributed by atoms with Gasteiger partial charge in [-0.3, -0.25) is 14.6 Å². The molecule has 3 rings (SSSR count). The number of aliphatic imine (C=N–C) groups is 1. The summed E-state index contributed by atoms with van der Waals surface area (Å²) in [6, 6.07) is 8.29. The smallest absolute Gasteiger partial charge is 0.270 e. The first-order valence-corrected chi connectivity index (χ1v) is 14.4. The van der Waals surface area contributed by atoms with Crippen LogP contribution in [-0.4, -0.2) is 65.4 Å². The number of nitrogens with two attached hydrogens (primary N) is 1. The zero-order valence-corrected chi connectivity index (χ0v) is 24.4. The number of rotatable bonds is 10. The largest absolute Gasteiger partial charge is 0.490 e. The Hall–Kier alpha value is -2.74. The Labute approximate surface area is 233 Å². The molecule has 3 N–H and O–H groups in total. The number of allylic oxidation sites excluding steroid dienone is 1. The van der Waals surface area contributed by atoms with E-state index in [1.807, 2.05) is 13.0 Å². The molecule has 1 aromatic carbocycles. The second kappa shape index (κ2) is 16.4. The van der Waals surface area contributed by atoms with E-state index in [0.717, 1.165) is 18.6 Å². The van der Waals surface area contributed by atoms with Crippen molar-refractivity contribution in [1.82, 2.24) is 4.90 Å². The number of ketones is 1. The van der Waals surface area contributed by atoms with Gasteiger partial charge in [0.1, 0.15) is 17.6 Å². The Kier molecular flexibility index (Phi) is 13.6. The number of hydrogen-bond donors (Lipinski definition) is 2. The average Bonchev–Trinajstić information content (AvgIpc) is 3.28. The average molecular weight is 546 g/mol. The number of carbonyl (C=O) groups is 2. The van der Waals surface area contributed by atoms with Crippen LogP contribution in [0.1, 0.15) is 84.6 Å². The molecular formula is C31H48FN3O4. The topological polar surface area (TPSA) is 105 Å². The van der Waals surface area contributed by atoms with E-state index < -0.39 is 18.2 Å². The molecule has 1 saturated carbocycles. The summed E-state index contributed by atoms with van der Waals surface area (Å²) >= 11 is 0. The van der Waals surface area contributed by atoms with Crippen molar-refractivity contribution in [1.29, 1.82) is 0 Å². The van der Waals surface area contributed by atoms with E-state index in [1.54, 1.807) is 0 Å². The molecule has 1 saturated heterocycles. The third-order valence-corrected chi connectivity index (χ3v) is 7.30. The number of aliphatic hydroxyl groups is 1. The van der Waals surface area contributed by atoms with Crippen LogP contribution in [0.2, 0.25) is 0 Å². The van der Waals surface area contributed by atoms with Gasteiger partial charge in [-0.1, -0.05) is 58.2 Å². The van der Waals surface area contributed by atoms with Gasteiger partial charge in [0, 0.05) is 17.8 Å². The van der Waals surface area contributed by atoms with Gasteiger partial charge in [-0.15, -0.1) is 0 Å². The second-order valence-corrected chi connectivity index (χ2v) is 10.8. The van der Waals surface area contributed by atoms with Crippen molar-refractivity contribution >= 4 is 17.4 Å². The molecule has 1 heterocycles. The molecule has 0 radical (unpaired) electrons. The zero-order chi connectivity index (χ0) is 28.9. The van der Waals surface area contributed by atoms with Gasteiger partial charge in [-0.25, -0.2) is 4.39 Å². The van der Waals surface area contributed by atoms with Crippen LogP contribution in [0.4, 0.5) is 4.39 Å². The minimum Gasteiger partial charge on any atom is -0.490 e. The lowest BCUT2D eigenvalue weighted by molar-refractivity contribution is -0.131. The molecule has 4 atom stereocenters. The van der Waals surface area contributed by atoms with Crippen LogP contribution >= 0.6 is 0 Å². The Bertz CT molecular complexity index is 1010. The third-order valence-electron chi connectivity index (χ3n) is 7.30. The molecular weight excluding hydrogens is 497 g/mol. The molecule has 0 bridgehead atoms. The molecule has 2 fully saturated rings. The lowest BCUT2D eigenvalue weighted by Gasteiger charge is -2.32. The molecule has 39 heavy (non-hydrogen) atoms. The monoisotopic (exact) mass is 545 g/mol. The molecule has 0 aromatic heterocycles. The normalized spacial score (nSPS) is 24.1. The van der Waals surface area contributed by atoms with Gasteiger partial charge in [-0.2, -0.15) is 0 Å². The number of carbonyl (C=O) groups excluding carboxylic acids is 2. The van der Waals surface area contributed by atoms with Crippen LogP contribution in [0, 0.1) is 12.8 Å². The Balaban J connectivity index is 0.000000293. The van der Waals surface area contributed by atoms with Gasteiger partial charge in [-0.05, 0) is 63.5 Å². The minimum absolute atomic E-state index is 0.0495. The van der Waals surface area contributed by atoms with Crippen LogP contribution in [0.15, 0.2) is 40.5 Å². The summed E-state index contributed by atoms with van der Waals surface area (Å²) in [7, 11) is 0. The first kappa shape index (κ1) is 32.5. The van der Waals surface area contributed by atoms with Gasteiger partial charge >= 0.3 is 0 Å². The number of aliphatic hydroxyl groups excluding tert-OH is 1. The van der Waals surface area contributed by atoms with Gasteiger partial charge in [0.2, 0.25) is 0 Å². The zero-order valence-electron chi connectivity index (χ0n) is 24.4. The molecule has 1 aliphatic heterocycles. The van der Waals surface area contributed by atoms with Crippen molar-refractivity contribution in [3.8, 4) is 5.75 Å². The maximum Gasteiger partial charge on any atom is 0.270 e. The molecule has 1 aliphatic carbocycles. The third kappa shape index (κ3) is 10.1. The van der Waals surface area contributed by atoms with Gasteiger partial charge in [0.25, 0.3) is 5.91 Å². The SMILES string of the molecule is CC(=O)CN=C1CCC(C)/C1=C(/N)C(=O)N1CCC(O)C(F)C1.CCCCC(CCC)Oc1ccccc1C. The summed E-state index contributed by atoms with van der Waals surface area (Å²) in [6.45, 7) is 10.2. The highest BCUT2D eigenvalue weighted by Crippen LogP contribution is 2.31. The maximum absolute atomic E-state index is 13.6. The highest BCUT2D eigenvalue weighted by atomic mass is 19.1. The standard InChI is InChI=1S/C16H24FN3O3.C15H24O/c1-9-3-4-12(19-7-10(2)21)14(9)15(18)16(23)20-6-5-13(22)11(17)8-20;1-4-6-11-14(9-5-2)16-15-12-8-7-10-13(15)3/h9,11,13,22H,3-8,18H2,1-2H3;7-8,10,12,14H,4-6,9,11H2,1-3H3/b15-14-,19-12?;. The van der Waals surface area contributed by atoms with Crippen molar-refractivity contribution in [2.24, 2.45) is 16.6 Å². The molecule has 8 heteroatoms. The number of unbranched alkanes of at least 4 members (excludes halogenated alkanes) is 1. The molecule has 0 spiro atoms. The predicted octanol–water partition coefficient (Wildman–Crippen LogP) is 5.32. The molecule has 7 nitrogen and oxygen atoms in total. The van der Waals surface area contributed by atoms with Gasteiger partial charge in [0.05, 0.1) is 25.3 Å². The number of likely N-dealkylation sites (tertiary alicyclic amines) is 1. The summed E-state index contributed by atoms with van der Waals surface area (Å²) in [5, 5.41) is 9.43. The number of piperidine rings is 1. The number of aryl methyl sites for hydroxylation is 1. The first-order valence-electron chi connectivity index (χ1n) is 14.4. The number of para-hydroxylation sites is 1. The van der Waals surface area contributed by atoms with Crippen molar-refractivity contribution in [2.75, 3.05) is 19.6 Å². The van der Waals surface area contributed by atoms with Crippen LogP contribution in [0.5, 0.6) is 5.75 Å². The first-order chi connectivity index (χ1) is 18.6. The fourth-order valence-electron chi connectivity index (χ4n) is 4.96. The molecule has 1 amide bonds. The predicted molar refractivity (Wildman–Crippen MR) is 155 cm³/mol. The number of halogens is 1. The van der Waals surface area contributed by atoms with E-state index in [9.17, 15) is 19.1 Å². The lowest BCUT2D eigenvalue weighted by atomic mass is 10.00. The van der Waals surface area contributed by atoms with Crippen molar-refractivity contribution in [2.45, 2.75) is 104 Å². The Morgan fingerprint density at radius 3 is 2.54 bits per heavy atom.